The Labute approximate surface area is 114 Å². The summed E-state index contributed by atoms with van der Waals surface area (Å²) in [4.78, 5) is 4.31. The minimum Gasteiger partial charge on any atom is -0.440 e. The summed E-state index contributed by atoms with van der Waals surface area (Å²) in [7, 11) is 0. The zero-order valence-corrected chi connectivity index (χ0v) is 11.0. The third-order valence-corrected chi connectivity index (χ3v) is 4.09. The Kier molecular flexibility index (Phi) is 3.01. The van der Waals surface area contributed by atoms with Crippen LogP contribution in [0.25, 0.3) is 11.1 Å². The fourth-order valence-corrected chi connectivity index (χ4v) is 2.71. The fourth-order valence-electron chi connectivity index (χ4n) is 2.71. The van der Waals surface area contributed by atoms with Crippen molar-refractivity contribution in [2.45, 2.75) is 31.4 Å². The van der Waals surface area contributed by atoms with Crippen molar-refractivity contribution in [1.82, 2.24) is 10.3 Å². The van der Waals surface area contributed by atoms with Gasteiger partial charge in [-0.25, -0.2) is 4.98 Å². The molecule has 1 fully saturated rings. The molecule has 3 nitrogen and oxygen atoms in total. The Morgan fingerprint density at radius 1 is 1.40 bits per heavy atom. The van der Waals surface area contributed by atoms with Crippen LogP contribution in [-0.4, -0.2) is 18.1 Å². The highest BCUT2D eigenvalue weighted by Crippen LogP contribution is 2.37. The van der Waals surface area contributed by atoms with Crippen molar-refractivity contribution in [2.75, 3.05) is 13.1 Å². The van der Waals surface area contributed by atoms with Crippen LogP contribution in [0.3, 0.4) is 0 Å². The number of alkyl halides is 3. The molecule has 1 aromatic carbocycles. The molecule has 0 spiro atoms. The van der Waals surface area contributed by atoms with Crippen LogP contribution in [0.15, 0.2) is 22.6 Å². The molecule has 1 saturated heterocycles. The number of hydrogen-bond acceptors (Lipinski definition) is 3. The molecule has 0 saturated carbocycles. The summed E-state index contributed by atoms with van der Waals surface area (Å²) in [5, 5.41) is 3.26. The summed E-state index contributed by atoms with van der Waals surface area (Å²) in [6.07, 6.45) is -2.62. The third kappa shape index (κ3) is 2.08. The van der Waals surface area contributed by atoms with Gasteiger partial charge in [0.15, 0.2) is 5.58 Å². The van der Waals surface area contributed by atoms with Gasteiger partial charge in [0.25, 0.3) is 0 Å². The number of hydrogen-bond donors (Lipinski definition) is 1. The van der Waals surface area contributed by atoms with Crippen LogP contribution in [0, 0.1) is 0 Å². The minimum atomic E-state index is -4.36. The van der Waals surface area contributed by atoms with Gasteiger partial charge in [0.05, 0.1) is 11.0 Å². The Morgan fingerprint density at radius 3 is 2.80 bits per heavy atom. The molecule has 1 aliphatic rings. The molecule has 0 amide bonds. The lowest BCUT2D eigenvalue weighted by Crippen LogP contribution is -2.28. The number of nitrogens with one attached hydrogen (secondary N) is 1. The van der Waals surface area contributed by atoms with E-state index in [2.05, 4.69) is 10.3 Å². The highest BCUT2D eigenvalue weighted by atomic mass is 19.4. The van der Waals surface area contributed by atoms with Crippen molar-refractivity contribution < 1.29 is 17.6 Å². The van der Waals surface area contributed by atoms with E-state index in [1.165, 1.54) is 6.07 Å². The number of fused-ring (bicyclic) bond motifs is 1. The number of nitrogens with zero attached hydrogens (tertiary/aromatic N) is 1. The van der Waals surface area contributed by atoms with Gasteiger partial charge < -0.3 is 9.73 Å². The molecule has 0 bridgehead atoms. The van der Waals surface area contributed by atoms with Gasteiger partial charge in [-0.05, 0) is 37.6 Å². The number of oxazole rings is 1. The van der Waals surface area contributed by atoms with E-state index in [0.29, 0.717) is 11.5 Å². The first-order chi connectivity index (χ1) is 9.44. The van der Waals surface area contributed by atoms with E-state index in [1.807, 2.05) is 6.92 Å². The van der Waals surface area contributed by atoms with E-state index >= 15 is 0 Å². The quantitative estimate of drug-likeness (QED) is 0.917. The first-order valence-electron chi connectivity index (χ1n) is 6.64. The Balaban J connectivity index is 2.07. The third-order valence-electron chi connectivity index (χ3n) is 4.09. The van der Waals surface area contributed by atoms with Gasteiger partial charge in [0.1, 0.15) is 5.52 Å². The lowest BCUT2D eigenvalue weighted by atomic mass is 9.84. The molecule has 0 aliphatic carbocycles. The molecule has 1 unspecified atom stereocenters. The topological polar surface area (TPSA) is 38.1 Å². The van der Waals surface area contributed by atoms with Gasteiger partial charge in [0.2, 0.25) is 5.89 Å². The van der Waals surface area contributed by atoms with E-state index in [0.717, 1.165) is 38.1 Å². The van der Waals surface area contributed by atoms with Crippen molar-refractivity contribution in [1.29, 1.82) is 0 Å². The van der Waals surface area contributed by atoms with E-state index in [-0.39, 0.29) is 10.9 Å². The minimum absolute atomic E-state index is 0.197. The smallest absolute Gasteiger partial charge is 0.416 e. The lowest BCUT2D eigenvalue weighted by Gasteiger charge is -2.21. The van der Waals surface area contributed by atoms with Crippen molar-refractivity contribution in [3.8, 4) is 0 Å². The van der Waals surface area contributed by atoms with Crippen LogP contribution in [0.5, 0.6) is 0 Å². The van der Waals surface area contributed by atoms with Crippen LogP contribution in [0.4, 0.5) is 13.2 Å². The second-order valence-corrected chi connectivity index (χ2v) is 5.26. The number of halogens is 3. The maximum atomic E-state index is 12.7. The van der Waals surface area contributed by atoms with Crippen molar-refractivity contribution in [2.24, 2.45) is 0 Å². The van der Waals surface area contributed by atoms with E-state index < -0.39 is 11.7 Å². The zero-order valence-electron chi connectivity index (χ0n) is 11.0. The average molecular weight is 284 g/mol. The molecular weight excluding hydrogens is 269 g/mol. The Hall–Kier alpha value is -1.56. The van der Waals surface area contributed by atoms with Gasteiger partial charge in [-0.2, -0.15) is 13.2 Å². The van der Waals surface area contributed by atoms with Crippen molar-refractivity contribution in [3.05, 3.63) is 29.7 Å². The van der Waals surface area contributed by atoms with E-state index in [4.69, 9.17) is 4.42 Å². The highest BCUT2D eigenvalue weighted by Gasteiger charge is 2.39. The van der Waals surface area contributed by atoms with Crippen molar-refractivity contribution >= 4 is 11.1 Å². The SMILES string of the molecule is CCC1(c2nc3cc(C(F)(F)F)ccc3o2)CCNC1. The second-order valence-electron chi connectivity index (χ2n) is 5.26. The molecule has 3 rings (SSSR count). The van der Waals surface area contributed by atoms with Crippen LogP contribution in [0.1, 0.15) is 31.2 Å². The summed E-state index contributed by atoms with van der Waals surface area (Å²) >= 11 is 0. The maximum Gasteiger partial charge on any atom is 0.416 e. The van der Waals surface area contributed by atoms with Gasteiger partial charge >= 0.3 is 6.18 Å². The predicted molar refractivity (Wildman–Crippen MR) is 68.5 cm³/mol. The molecule has 0 radical (unpaired) electrons. The van der Waals surface area contributed by atoms with Crippen LogP contribution >= 0.6 is 0 Å². The van der Waals surface area contributed by atoms with Crippen LogP contribution < -0.4 is 5.32 Å². The standard InChI is InChI=1S/C14H15F3N2O/c1-2-13(5-6-18-8-13)12-19-10-7-9(14(15,16)17)3-4-11(10)20-12/h3-4,7,18H,2,5-6,8H2,1H3. The summed E-state index contributed by atoms with van der Waals surface area (Å²) in [6, 6.07) is 3.43. The Bertz CT molecular complexity index is 627. The summed E-state index contributed by atoms with van der Waals surface area (Å²) in [5.74, 6) is 0.541. The molecule has 2 heterocycles. The maximum absolute atomic E-state index is 12.7. The number of rotatable bonds is 2. The first kappa shape index (κ1) is 13.4. The Morgan fingerprint density at radius 2 is 2.20 bits per heavy atom. The number of aromatic nitrogens is 1. The van der Waals surface area contributed by atoms with E-state index in [9.17, 15) is 13.2 Å². The molecule has 108 valence electrons. The first-order valence-corrected chi connectivity index (χ1v) is 6.64. The largest absolute Gasteiger partial charge is 0.440 e. The van der Waals surface area contributed by atoms with Gasteiger partial charge in [-0.15, -0.1) is 0 Å². The predicted octanol–water partition coefficient (Wildman–Crippen LogP) is 3.49. The molecular formula is C14H15F3N2O. The monoisotopic (exact) mass is 284 g/mol. The molecule has 1 atom stereocenters. The summed E-state index contributed by atoms with van der Waals surface area (Å²) in [6.45, 7) is 3.67. The normalized spacial score (nSPS) is 23.6. The molecule has 20 heavy (non-hydrogen) atoms. The van der Waals surface area contributed by atoms with Gasteiger partial charge in [0, 0.05) is 6.54 Å². The average Bonchev–Trinajstić information content (AvgIpc) is 3.04. The van der Waals surface area contributed by atoms with Gasteiger partial charge in [-0.1, -0.05) is 6.92 Å². The second kappa shape index (κ2) is 4.48. The van der Waals surface area contributed by atoms with Crippen LogP contribution in [-0.2, 0) is 11.6 Å². The fraction of sp³-hybridized carbons (Fsp3) is 0.500. The molecule has 6 heteroatoms. The summed E-state index contributed by atoms with van der Waals surface area (Å²) < 4.78 is 43.8. The highest BCUT2D eigenvalue weighted by molar-refractivity contribution is 5.73. The molecule has 2 aromatic rings. The van der Waals surface area contributed by atoms with Crippen molar-refractivity contribution in [3.63, 3.8) is 0 Å². The van der Waals surface area contributed by atoms with Gasteiger partial charge in [-0.3, -0.25) is 0 Å². The molecule has 1 aliphatic heterocycles. The number of benzene rings is 1. The zero-order chi connectivity index (χ0) is 14.4. The summed E-state index contributed by atoms with van der Waals surface area (Å²) in [5.41, 5.74) is -0.209. The van der Waals surface area contributed by atoms with Crippen LogP contribution in [0.2, 0.25) is 0 Å². The molecule has 1 N–H and O–H groups in total. The van der Waals surface area contributed by atoms with E-state index in [1.54, 1.807) is 0 Å². The lowest BCUT2D eigenvalue weighted by molar-refractivity contribution is -0.137. The molecule has 1 aromatic heterocycles.